The van der Waals surface area contributed by atoms with Crippen molar-refractivity contribution in [3.63, 3.8) is 0 Å². The fraction of sp³-hybridized carbons (Fsp3) is 0.571. The van der Waals surface area contributed by atoms with E-state index in [4.69, 9.17) is 0 Å². The Kier molecular flexibility index (Phi) is 4.72. The fourth-order valence-corrected chi connectivity index (χ4v) is 3.15. The topological polar surface area (TPSA) is 92.6 Å². The number of hydrogen-bond donors (Lipinski definition) is 1. The van der Waals surface area contributed by atoms with Crippen molar-refractivity contribution in [2.24, 2.45) is 5.92 Å². The monoisotopic (exact) mass is 327 g/mol. The Morgan fingerprint density at radius 2 is 2.05 bits per heavy atom. The first kappa shape index (κ1) is 16.7. The first-order valence-electron chi connectivity index (χ1n) is 7.09. The van der Waals surface area contributed by atoms with Crippen LogP contribution < -0.4 is 5.32 Å². The van der Waals surface area contributed by atoms with Crippen LogP contribution in [0.4, 0.5) is 11.4 Å². The van der Waals surface area contributed by atoms with E-state index < -0.39 is 14.8 Å². The van der Waals surface area contributed by atoms with E-state index in [9.17, 15) is 18.5 Å². The highest BCUT2D eigenvalue weighted by Gasteiger charge is 2.32. The number of anilines is 1. The van der Waals surface area contributed by atoms with E-state index >= 15 is 0 Å². The Hall–Kier alpha value is -1.67. The number of nitrogens with one attached hydrogen (secondary N) is 1. The molecule has 122 valence electrons. The summed E-state index contributed by atoms with van der Waals surface area (Å²) >= 11 is 0. The molecule has 0 spiro atoms. The Bertz CT molecular complexity index is 667. The third kappa shape index (κ3) is 3.95. The molecule has 0 aliphatic heterocycles. The summed E-state index contributed by atoms with van der Waals surface area (Å²) in [5, 5.41) is 14.3. The van der Waals surface area contributed by atoms with Crippen LogP contribution in [0.15, 0.2) is 23.1 Å². The molecule has 0 bridgehead atoms. The van der Waals surface area contributed by atoms with Gasteiger partial charge in [-0.1, -0.05) is 0 Å². The van der Waals surface area contributed by atoms with E-state index in [1.165, 1.54) is 25.0 Å². The highest BCUT2D eigenvalue weighted by molar-refractivity contribution is 7.90. The molecular formula is C14H21N3O4S. The van der Waals surface area contributed by atoms with Crippen molar-refractivity contribution < 1.29 is 13.3 Å². The third-order valence-electron chi connectivity index (χ3n) is 3.93. The van der Waals surface area contributed by atoms with Crippen molar-refractivity contribution in [1.82, 2.24) is 4.90 Å². The minimum Gasteiger partial charge on any atom is -0.378 e. The van der Waals surface area contributed by atoms with Crippen LogP contribution in [-0.2, 0) is 9.84 Å². The van der Waals surface area contributed by atoms with Crippen molar-refractivity contribution >= 4 is 21.2 Å². The Balaban J connectivity index is 2.21. The number of likely N-dealkylation sites (N-methyl/N-ethyl adjacent to an activating group) is 1. The zero-order chi connectivity index (χ0) is 16.5. The van der Waals surface area contributed by atoms with E-state index in [-0.39, 0.29) is 10.6 Å². The molecule has 1 aromatic carbocycles. The van der Waals surface area contributed by atoms with Gasteiger partial charge in [0.15, 0.2) is 9.84 Å². The lowest BCUT2D eigenvalue weighted by molar-refractivity contribution is -0.384. The summed E-state index contributed by atoms with van der Waals surface area (Å²) in [6.45, 7) is 0.594. The van der Waals surface area contributed by atoms with Gasteiger partial charge in [0.2, 0.25) is 0 Å². The third-order valence-corrected chi connectivity index (χ3v) is 5.04. The van der Waals surface area contributed by atoms with E-state index in [0.717, 1.165) is 12.3 Å². The number of benzene rings is 1. The van der Waals surface area contributed by atoms with Gasteiger partial charge >= 0.3 is 0 Å². The number of hydrogen-bond acceptors (Lipinski definition) is 6. The first-order chi connectivity index (χ1) is 10.2. The molecule has 7 nitrogen and oxygen atoms in total. The molecule has 8 heteroatoms. The first-order valence-corrected chi connectivity index (χ1v) is 8.98. The molecule has 2 rings (SSSR count). The lowest BCUT2D eigenvalue weighted by Gasteiger charge is -2.24. The standard InChI is InChI=1S/C14H21N3O4S/c1-16(2)14(10-4-5-10)9-15-12-7-6-11(22(3,20)21)8-13(12)17(18)19/h6-8,10,14-15H,4-5,9H2,1-3H3. The lowest BCUT2D eigenvalue weighted by Crippen LogP contribution is -2.36. The summed E-state index contributed by atoms with van der Waals surface area (Å²) in [5.74, 6) is 0.622. The molecule has 0 heterocycles. The number of nitro benzene ring substituents is 1. The summed E-state index contributed by atoms with van der Waals surface area (Å²) in [4.78, 5) is 12.7. The molecule has 1 aliphatic carbocycles. The predicted molar refractivity (Wildman–Crippen MR) is 84.9 cm³/mol. The van der Waals surface area contributed by atoms with Gasteiger partial charge in [0.25, 0.3) is 5.69 Å². The van der Waals surface area contributed by atoms with Crippen molar-refractivity contribution in [3.05, 3.63) is 28.3 Å². The van der Waals surface area contributed by atoms with Gasteiger partial charge in [0.1, 0.15) is 5.69 Å². The maximum absolute atomic E-state index is 11.5. The molecule has 1 fully saturated rings. The Labute approximate surface area is 130 Å². The Morgan fingerprint density at radius 1 is 1.41 bits per heavy atom. The SMILES string of the molecule is CN(C)C(CNc1ccc(S(C)(=O)=O)cc1[N+](=O)[O-])C1CC1. The van der Waals surface area contributed by atoms with Crippen LogP contribution in [0.2, 0.25) is 0 Å². The van der Waals surface area contributed by atoms with E-state index in [1.54, 1.807) is 0 Å². The molecule has 0 radical (unpaired) electrons. The normalized spacial score (nSPS) is 16.5. The number of rotatable bonds is 7. The Morgan fingerprint density at radius 3 is 2.50 bits per heavy atom. The summed E-state index contributed by atoms with van der Waals surface area (Å²) in [6.07, 6.45) is 3.40. The molecule has 1 unspecified atom stereocenters. The predicted octanol–water partition coefficient (Wildman–Crippen LogP) is 1.75. The molecule has 0 amide bonds. The van der Waals surface area contributed by atoms with Gasteiger partial charge < -0.3 is 10.2 Å². The van der Waals surface area contributed by atoms with Gasteiger partial charge in [-0.25, -0.2) is 8.42 Å². The summed E-state index contributed by atoms with van der Waals surface area (Å²) in [6, 6.07) is 4.29. The van der Waals surface area contributed by atoms with Gasteiger partial charge in [-0.05, 0) is 45.0 Å². The van der Waals surface area contributed by atoms with Gasteiger partial charge in [-0.2, -0.15) is 0 Å². The minimum absolute atomic E-state index is 0.0453. The van der Waals surface area contributed by atoms with Crippen molar-refractivity contribution in [3.8, 4) is 0 Å². The van der Waals surface area contributed by atoms with Crippen LogP contribution in [-0.4, -0.2) is 51.2 Å². The van der Waals surface area contributed by atoms with Crippen LogP contribution in [0.25, 0.3) is 0 Å². The number of sulfone groups is 1. The maximum atomic E-state index is 11.5. The highest BCUT2D eigenvalue weighted by atomic mass is 32.2. The number of nitro groups is 1. The van der Waals surface area contributed by atoms with Crippen molar-refractivity contribution in [1.29, 1.82) is 0 Å². The maximum Gasteiger partial charge on any atom is 0.293 e. The smallest absolute Gasteiger partial charge is 0.293 e. The quantitative estimate of drug-likeness (QED) is 0.606. The fourth-order valence-electron chi connectivity index (χ4n) is 2.51. The molecule has 1 N–H and O–H groups in total. The molecule has 1 aromatic rings. The highest BCUT2D eigenvalue weighted by Crippen LogP contribution is 2.35. The van der Waals surface area contributed by atoms with E-state index in [1.807, 2.05) is 14.1 Å². The molecule has 22 heavy (non-hydrogen) atoms. The molecule has 1 saturated carbocycles. The van der Waals surface area contributed by atoms with Gasteiger partial charge in [-0.3, -0.25) is 10.1 Å². The second-order valence-electron chi connectivity index (χ2n) is 5.96. The second kappa shape index (κ2) is 6.21. The zero-order valence-corrected chi connectivity index (χ0v) is 13.8. The summed E-state index contributed by atoms with van der Waals surface area (Å²) in [5.41, 5.74) is 0.140. The second-order valence-corrected chi connectivity index (χ2v) is 7.97. The van der Waals surface area contributed by atoms with Gasteiger partial charge in [0, 0.05) is 24.9 Å². The van der Waals surface area contributed by atoms with Crippen LogP contribution >= 0.6 is 0 Å². The van der Waals surface area contributed by atoms with Crippen LogP contribution in [0.1, 0.15) is 12.8 Å². The summed E-state index contributed by atoms with van der Waals surface area (Å²) in [7, 11) is 0.520. The average molecular weight is 327 g/mol. The largest absolute Gasteiger partial charge is 0.378 e. The zero-order valence-electron chi connectivity index (χ0n) is 12.9. The van der Waals surface area contributed by atoms with Crippen LogP contribution in [0.3, 0.4) is 0 Å². The van der Waals surface area contributed by atoms with E-state index in [2.05, 4.69) is 10.2 Å². The number of nitrogens with zero attached hydrogens (tertiary/aromatic N) is 2. The molecular weight excluding hydrogens is 306 g/mol. The molecule has 1 aliphatic rings. The molecule has 0 saturated heterocycles. The van der Waals surface area contributed by atoms with Gasteiger partial charge in [-0.15, -0.1) is 0 Å². The average Bonchev–Trinajstić information content (AvgIpc) is 3.21. The van der Waals surface area contributed by atoms with Crippen molar-refractivity contribution in [2.45, 2.75) is 23.8 Å². The van der Waals surface area contributed by atoms with Crippen molar-refractivity contribution in [2.75, 3.05) is 32.2 Å². The minimum atomic E-state index is -3.46. The molecule has 1 atom stereocenters. The molecule has 0 aromatic heterocycles. The van der Waals surface area contributed by atoms with Gasteiger partial charge in [0.05, 0.1) is 9.82 Å². The van der Waals surface area contributed by atoms with Crippen LogP contribution in [0, 0.1) is 16.0 Å². The summed E-state index contributed by atoms with van der Waals surface area (Å²) < 4.78 is 23.0. The lowest BCUT2D eigenvalue weighted by atomic mass is 10.1. The van der Waals surface area contributed by atoms with Crippen LogP contribution in [0.5, 0.6) is 0 Å². The van der Waals surface area contributed by atoms with E-state index in [0.29, 0.717) is 24.2 Å².